The quantitative estimate of drug-likeness (QED) is 0.0205. The Labute approximate surface area is 413 Å². The number of hydrogen-bond acceptors (Lipinski definition) is 6. The predicted molar refractivity (Wildman–Crippen MR) is 286 cm³/mol. The second-order valence-corrected chi connectivity index (χ2v) is 21.2. The Morgan fingerprint density at radius 1 is 0.537 bits per heavy atom. The van der Waals surface area contributed by atoms with Gasteiger partial charge in [-0.25, -0.2) is 4.57 Å². The van der Waals surface area contributed by atoms with E-state index in [1.165, 1.54) is 103 Å². The van der Waals surface area contributed by atoms with Crippen LogP contribution in [0.5, 0.6) is 0 Å². The molecule has 3 atom stereocenters. The highest BCUT2D eigenvalue weighted by Crippen LogP contribution is 2.43. The van der Waals surface area contributed by atoms with E-state index in [9.17, 15) is 19.0 Å². The van der Waals surface area contributed by atoms with Gasteiger partial charge in [-0.3, -0.25) is 18.6 Å². The number of likely N-dealkylation sites (N-methyl/N-ethyl adjacent to an activating group) is 1. The van der Waals surface area contributed by atoms with Gasteiger partial charge in [-0.15, -0.1) is 0 Å². The fourth-order valence-electron chi connectivity index (χ4n) is 7.65. The Balaban J connectivity index is 5.40. The number of esters is 1. The summed E-state index contributed by atoms with van der Waals surface area (Å²) in [6, 6.07) is -0.860. The van der Waals surface area contributed by atoms with Gasteiger partial charge in [-0.2, -0.15) is 0 Å². The second-order valence-electron chi connectivity index (χ2n) is 19.7. The van der Waals surface area contributed by atoms with Gasteiger partial charge < -0.3 is 19.4 Å². The lowest BCUT2D eigenvalue weighted by Crippen LogP contribution is -2.47. The number of hydrogen-bond donors (Lipinski definition) is 2. The number of carbonyl (C=O) groups excluding carboxylic acids is 2. The van der Waals surface area contributed by atoms with Crippen molar-refractivity contribution in [3.63, 3.8) is 0 Å². The number of allylic oxidation sites excluding steroid dienone is 9. The summed E-state index contributed by atoms with van der Waals surface area (Å²) in [6.45, 7) is 6.86. The number of carbonyl (C=O) groups is 2. The predicted octanol–water partition coefficient (Wildman–Crippen LogP) is 16.3. The molecular formula is C57H106N2O7P+. The van der Waals surface area contributed by atoms with Crippen LogP contribution in [-0.4, -0.2) is 74.3 Å². The summed E-state index contributed by atoms with van der Waals surface area (Å²) in [4.78, 5) is 37.5. The first-order valence-electron chi connectivity index (χ1n) is 27.6. The van der Waals surface area contributed by atoms with Crippen molar-refractivity contribution in [2.24, 2.45) is 0 Å². The molecule has 0 saturated carbocycles. The Bertz CT molecular complexity index is 1340. The maximum atomic E-state index is 13.5. The van der Waals surface area contributed by atoms with Gasteiger partial charge >= 0.3 is 13.8 Å². The number of ether oxygens (including phenoxy) is 1. The number of nitrogens with one attached hydrogen (secondary N) is 1. The lowest BCUT2D eigenvalue weighted by molar-refractivity contribution is -0.870. The largest absolute Gasteiger partial charge is 0.472 e. The smallest absolute Gasteiger partial charge is 0.456 e. The first kappa shape index (κ1) is 64.7. The molecule has 0 spiro atoms. The minimum absolute atomic E-state index is 0.0338. The maximum absolute atomic E-state index is 13.5. The monoisotopic (exact) mass is 962 g/mol. The van der Waals surface area contributed by atoms with Crippen molar-refractivity contribution >= 4 is 19.7 Å². The van der Waals surface area contributed by atoms with Gasteiger partial charge in [-0.1, -0.05) is 197 Å². The van der Waals surface area contributed by atoms with E-state index in [1.54, 1.807) is 0 Å². The third-order valence-electron chi connectivity index (χ3n) is 11.9. The lowest BCUT2D eigenvalue weighted by atomic mass is 10.1. The van der Waals surface area contributed by atoms with Gasteiger partial charge in [-0.05, 0) is 89.5 Å². The van der Waals surface area contributed by atoms with Gasteiger partial charge in [0.05, 0.1) is 33.8 Å². The Kier molecular flexibility index (Phi) is 45.8. The summed E-state index contributed by atoms with van der Waals surface area (Å²) in [5, 5.41) is 3.03. The van der Waals surface area contributed by atoms with Crippen LogP contribution >= 0.6 is 7.82 Å². The highest BCUT2D eigenvalue weighted by atomic mass is 31.2. The number of amides is 1. The van der Waals surface area contributed by atoms with Crippen molar-refractivity contribution < 1.29 is 37.3 Å². The van der Waals surface area contributed by atoms with Crippen LogP contribution in [0, 0.1) is 0 Å². The van der Waals surface area contributed by atoms with Crippen LogP contribution in [-0.2, 0) is 27.9 Å². The molecule has 0 rings (SSSR count). The first-order valence-corrected chi connectivity index (χ1v) is 29.1. The Morgan fingerprint density at radius 3 is 1.46 bits per heavy atom. The number of quaternary nitrogens is 1. The van der Waals surface area contributed by atoms with Crippen molar-refractivity contribution in [1.82, 2.24) is 5.32 Å². The molecule has 0 radical (unpaired) electrons. The summed E-state index contributed by atoms with van der Waals surface area (Å²) < 4.78 is 30.5. The van der Waals surface area contributed by atoms with E-state index in [0.29, 0.717) is 23.9 Å². The Morgan fingerprint density at radius 2 is 0.955 bits per heavy atom. The highest BCUT2D eigenvalue weighted by Gasteiger charge is 2.30. The molecule has 2 N–H and O–H groups in total. The zero-order chi connectivity index (χ0) is 49.4. The first-order chi connectivity index (χ1) is 32.4. The number of unbranched alkanes of at least 4 members (excludes halogenated alkanes) is 25. The van der Waals surface area contributed by atoms with Crippen molar-refractivity contribution in [3.8, 4) is 0 Å². The molecular weight excluding hydrogens is 856 g/mol. The molecule has 0 fully saturated rings. The van der Waals surface area contributed by atoms with Crippen molar-refractivity contribution in [2.75, 3.05) is 40.9 Å². The van der Waals surface area contributed by atoms with Crippen LogP contribution in [0.4, 0.5) is 0 Å². The third-order valence-corrected chi connectivity index (χ3v) is 12.9. The average molecular weight is 962 g/mol. The zero-order valence-electron chi connectivity index (χ0n) is 44.4. The minimum Gasteiger partial charge on any atom is -0.456 e. The lowest BCUT2D eigenvalue weighted by Gasteiger charge is -2.27. The van der Waals surface area contributed by atoms with Gasteiger partial charge in [0.15, 0.2) is 0 Å². The number of phosphoric acid groups is 1. The molecule has 0 aromatic heterocycles. The molecule has 0 bridgehead atoms. The van der Waals surface area contributed by atoms with Gasteiger partial charge in [0.1, 0.15) is 19.3 Å². The topological polar surface area (TPSA) is 111 Å². The van der Waals surface area contributed by atoms with Crippen molar-refractivity contribution in [2.45, 2.75) is 251 Å². The van der Waals surface area contributed by atoms with E-state index in [1.807, 2.05) is 33.3 Å². The van der Waals surface area contributed by atoms with Gasteiger partial charge in [0, 0.05) is 12.8 Å². The second kappa shape index (κ2) is 47.4. The fourth-order valence-corrected chi connectivity index (χ4v) is 8.39. The normalized spacial score (nSPS) is 14.3. The van der Waals surface area contributed by atoms with Crippen LogP contribution in [0.25, 0.3) is 0 Å². The van der Waals surface area contributed by atoms with E-state index >= 15 is 0 Å². The zero-order valence-corrected chi connectivity index (χ0v) is 45.3. The number of rotatable bonds is 49. The van der Waals surface area contributed by atoms with Crippen molar-refractivity contribution in [1.29, 1.82) is 0 Å². The van der Waals surface area contributed by atoms with Gasteiger partial charge in [0.2, 0.25) is 5.91 Å². The molecule has 0 aliphatic heterocycles. The summed E-state index contributed by atoms with van der Waals surface area (Å²) in [5.41, 5.74) is 0. The van der Waals surface area contributed by atoms with E-state index in [-0.39, 0.29) is 31.5 Å². The molecule has 0 aromatic rings. The van der Waals surface area contributed by atoms with Gasteiger partial charge in [0.25, 0.3) is 0 Å². The summed E-state index contributed by atoms with van der Waals surface area (Å²) >= 11 is 0. The van der Waals surface area contributed by atoms with E-state index in [0.717, 1.165) is 96.3 Å². The van der Waals surface area contributed by atoms with Crippen LogP contribution in [0.15, 0.2) is 60.8 Å². The standard InChI is InChI=1S/C57H105N2O7P/c1-7-10-13-16-19-22-25-27-29-30-31-34-37-40-43-46-49-56(60)58-54(53-65-67(62,63)64-52-51-59(4,5)6)55(48-45-42-39-36-33-24-21-18-15-12-9-3)66-57(61)50-47-44-41-38-35-32-28-26-23-20-17-14-11-8-2/h10,13,19,22,27,29,32,35,45,48,54-55H,7-9,11-12,14-18,20-21,23-26,28,30-31,33-34,36-44,46-47,49-53H2,1-6H3,(H-,58,60,62,63)/p+1/b13-10+,22-19+,29-27+,35-32-,48-45+. The fraction of sp³-hybridized carbons (Fsp3) is 0.789. The Hall–Kier alpha value is -2.29. The molecule has 0 heterocycles. The number of nitrogens with zero attached hydrogens (tertiary/aromatic N) is 1. The van der Waals surface area contributed by atoms with E-state index in [2.05, 4.69) is 74.7 Å². The third kappa shape index (κ3) is 48.5. The summed E-state index contributed by atoms with van der Waals surface area (Å²) in [5.74, 6) is -0.540. The van der Waals surface area contributed by atoms with Crippen LogP contribution in [0.3, 0.4) is 0 Å². The molecule has 0 aliphatic carbocycles. The highest BCUT2D eigenvalue weighted by molar-refractivity contribution is 7.47. The maximum Gasteiger partial charge on any atom is 0.472 e. The minimum atomic E-state index is -4.45. The van der Waals surface area contributed by atoms with Crippen LogP contribution in [0.1, 0.15) is 239 Å². The van der Waals surface area contributed by atoms with E-state index < -0.39 is 20.0 Å². The summed E-state index contributed by atoms with van der Waals surface area (Å²) in [6.07, 6.45) is 57.8. The molecule has 1 amide bonds. The van der Waals surface area contributed by atoms with E-state index in [4.69, 9.17) is 13.8 Å². The van der Waals surface area contributed by atoms with Crippen molar-refractivity contribution in [3.05, 3.63) is 60.8 Å². The molecule has 9 nitrogen and oxygen atoms in total. The van der Waals surface area contributed by atoms with Crippen LogP contribution < -0.4 is 5.32 Å². The molecule has 3 unspecified atom stereocenters. The molecule has 0 saturated heterocycles. The molecule has 0 aromatic carbocycles. The molecule has 0 aliphatic rings. The molecule has 390 valence electrons. The summed E-state index contributed by atoms with van der Waals surface area (Å²) in [7, 11) is 1.47. The SMILES string of the molecule is CC/C=C/C/C=C/C/C=C/CCCCCCCCC(=O)NC(COP(=O)(O)OCC[N+](C)(C)C)C(/C=C/CCCCCCCCCCC)OC(=O)CCCCC/C=C\CCCCCCCCC. The van der Waals surface area contributed by atoms with Crippen LogP contribution in [0.2, 0.25) is 0 Å². The number of phosphoric ester groups is 1. The molecule has 67 heavy (non-hydrogen) atoms. The average Bonchev–Trinajstić information content (AvgIpc) is 3.28. The molecule has 10 heteroatoms.